The lowest BCUT2D eigenvalue weighted by Crippen LogP contribution is -2.77. The summed E-state index contributed by atoms with van der Waals surface area (Å²) in [5.41, 5.74) is 2.79. The number of benzene rings is 6. The van der Waals surface area contributed by atoms with Crippen LogP contribution in [0.1, 0.15) is 42.4 Å². The molecule has 6 aromatic carbocycles. The van der Waals surface area contributed by atoms with E-state index in [1.807, 2.05) is 56.3 Å². The number of carbonyl (C=O) groups is 2. The first-order valence-electron chi connectivity index (χ1n) is 18.4. The number of nitrogens with zero attached hydrogens (tertiary/aromatic N) is 3. The highest BCUT2D eigenvalue weighted by molar-refractivity contribution is 7.10. The van der Waals surface area contributed by atoms with E-state index < -0.39 is 31.6 Å². The maximum absolute atomic E-state index is 16.0. The van der Waals surface area contributed by atoms with Crippen LogP contribution in [0, 0.1) is 5.41 Å². The Morgan fingerprint density at radius 3 is 1.81 bits per heavy atom. The van der Waals surface area contributed by atoms with Crippen LogP contribution in [0.25, 0.3) is 43.6 Å². The van der Waals surface area contributed by atoms with E-state index in [1.165, 1.54) is 0 Å². The first-order chi connectivity index (χ1) is 26.3. The Labute approximate surface area is 311 Å². The van der Waals surface area contributed by atoms with Crippen molar-refractivity contribution < 1.29 is 24.5 Å². The minimum atomic E-state index is -3.26. The molecule has 0 radical (unpaired) electrons. The monoisotopic (exact) mass is 725 g/mol. The lowest BCUT2D eigenvalue weighted by molar-refractivity contribution is -0.256. The van der Waals surface area contributed by atoms with E-state index >= 15 is 4.79 Å². The van der Waals surface area contributed by atoms with Crippen LogP contribution < -0.4 is 15.6 Å². The first-order valence-corrected chi connectivity index (χ1v) is 20.3. The summed E-state index contributed by atoms with van der Waals surface area (Å²) >= 11 is 0. The highest BCUT2D eigenvalue weighted by atomic mass is 28.3. The molecule has 0 spiro atoms. The predicted octanol–water partition coefficient (Wildman–Crippen LogP) is 7.15. The van der Waals surface area contributed by atoms with Gasteiger partial charge in [-0.05, 0) is 47.1 Å². The molecule has 0 unspecified atom stereocenters. The Morgan fingerprint density at radius 2 is 1.24 bits per heavy atom. The van der Waals surface area contributed by atoms with Crippen molar-refractivity contribution in [2.24, 2.45) is 5.41 Å². The van der Waals surface area contributed by atoms with Crippen molar-refractivity contribution in [2.45, 2.75) is 38.8 Å². The van der Waals surface area contributed by atoms with Crippen LogP contribution in [0.4, 0.5) is 0 Å². The fourth-order valence-electron chi connectivity index (χ4n) is 10.4. The number of fused-ring (bicyclic) bond motifs is 13. The van der Waals surface area contributed by atoms with E-state index in [4.69, 9.17) is 4.74 Å². The van der Waals surface area contributed by atoms with Gasteiger partial charge in [0.05, 0.1) is 27.6 Å². The second-order valence-electron chi connectivity index (χ2n) is 15.2. The van der Waals surface area contributed by atoms with Crippen LogP contribution in [0.2, 0.25) is 0 Å². The molecule has 3 aliphatic heterocycles. The number of carbonyl (C=O) groups excluding carboxylic acids is 2. The number of para-hydroxylation sites is 2. The minimum Gasteiger partial charge on any atom is -0.349 e. The maximum Gasteiger partial charge on any atom is 0.352 e. The molecular weight excluding hydrogens is 691 g/mol. The van der Waals surface area contributed by atoms with Crippen molar-refractivity contribution in [1.82, 2.24) is 13.7 Å². The van der Waals surface area contributed by atoms with Crippen LogP contribution in [0.15, 0.2) is 140 Å². The van der Waals surface area contributed by atoms with Gasteiger partial charge in [0.1, 0.15) is 11.6 Å². The fourth-order valence-corrected chi connectivity index (χ4v) is 15.1. The quantitative estimate of drug-likeness (QED) is 0.0882. The first kappa shape index (κ1) is 31.5. The number of rotatable bonds is 5. The highest BCUT2D eigenvalue weighted by Gasteiger charge is 2.64. The molecule has 2 aromatic heterocycles. The van der Waals surface area contributed by atoms with Gasteiger partial charge in [-0.15, -0.1) is 0 Å². The zero-order valence-corrected chi connectivity index (χ0v) is 30.7. The third-order valence-electron chi connectivity index (χ3n) is 12.8. The average molecular weight is 726 g/mol. The molecule has 2 bridgehead atoms. The van der Waals surface area contributed by atoms with E-state index in [1.54, 1.807) is 0 Å². The third kappa shape index (κ3) is 3.59. The molecule has 0 saturated carbocycles. The van der Waals surface area contributed by atoms with Gasteiger partial charge in [-0.1, -0.05) is 127 Å². The lowest BCUT2D eigenvalue weighted by Gasteiger charge is -2.41. The Hall–Kier alpha value is -6.00. The van der Waals surface area contributed by atoms with Crippen LogP contribution in [0.5, 0.6) is 0 Å². The Kier molecular flexibility index (Phi) is 6.30. The summed E-state index contributed by atoms with van der Waals surface area (Å²) < 4.78 is 13.6. The maximum atomic E-state index is 16.0. The van der Waals surface area contributed by atoms with Crippen LogP contribution in [-0.2, 0) is 26.7 Å². The highest BCUT2D eigenvalue weighted by Crippen LogP contribution is 2.61. The summed E-state index contributed by atoms with van der Waals surface area (Å²) in [6.07, 6.45) is -0.326. The second-order valence-corrected chi connectivity index (χ2v) is 18.9. The molecule has 3 aliphatic rings. The summed E-state index contributed by atoms with van der Waals surface area (Å²) in [5, 5.41) is 17.1. The molecule has 8 nitrogen and oxygen atoms in total. The van der Waals surface area contributed by atoms with Gasteiger partial charge in [-0.2, -0.15) is 5.26 Å². The minimum absolute atomic E-state index is 0.00472. The summed E-state index contributed by atoms with van der Waals surface area (Å²) in [5.74, 6) is -0.744. The molecular formula is C45H35N3O5Si. The van der Waals surface area contributed by atoms with E-state index in [9.17, 15) is 10.1 Å². The predicted molar refractivity (Wildman–Crippen MR) is 212 cm³/mol. The van der Waals surface area contributed by atoms with Crippen molar-refractivity contribution in [3.8, 4) is 0 Å². The molecule has 264 valence electrons. The number of aromatic nitrogens is 2. The van der Waals surface area contributed by atoms with Crippen LogP contribution in [0.3, 0.4) is 0 Å². The molecule has 11 rings (SSSR count). The molecule has 8 aromatic rings. The van der Waals surface area contributed by atoms with Gasteiger partial charge < -0.3 is 23.3 Å². The molecule has 5 heterocycles. The van der Waals surface area contributed by atoms with Crippen molar-refractivity contribution in [3.05, 3.63) is 151 Å². The molecule has 1 saturated heterocycles. The van der Waals surface area contributed by atoms with Gasteiger partial charge >= 0.3 is 5.97 Å². The molecule has 1 fully saturated rings. The zero-order chi connectivity index (χ0) is 36.6. The Bertz CT molecular complexity index is 2790. The van der Waals surface area contributed by atoms with Crippen molar-refractivity contribution >= 4 is 79.3 Å². The smallest absolute Gasteiger partial charge is 0.349 e. The van der Waals surface area contributed by atoms with Gasteiger partial charge in [0, 0.05) is 34.5 Å². The SMILES string of the molecule is C[C@@]12O[C@@H](C[C@]1(C)C(=O)OO)n1c3ccccc3c3c4c(c5c6ccccc6n2c5c31)CN([Si](c1ccccc1)(c1ccccc1)c1ccccc1)C4=O. The van der Waals surface area contributed by atoms with Crippen molar-refractivity contribution in [3.63, 3.8) is 0 Å². The molecule has 1 amide bonds. The van der Waals surface area contributed by atoms with Crippen molar-refractivity contribution in [2.75, 3.05) is 0 Å². The third-order valence-corrected chi connectivity index (χ3v) is 17.5. The summed E-state index contributed by atoms with van der Waals surface area (Å²) in [6.45, 7) is 4.13. The number of amides is 1. The standard InChI is InChI=1S/C45H35N3O5Si/c1-44(43(50)53-51)26-36-47-34-24-14-12-22-31(34)38-39-33(37-32-23-13-15-25-35(32)48(41(37)40(38)47)45(44,2)52-36)27-46(42(39)49)54(28-16-6-3-7-17-28,29-18-8-4-9-19-29)30-20-10-5-11-21-30/h3-25,36,51H,26-27H2,1-2H3/t36-,44+,45+/m0/s1. The molecule has 9 heteroatoms. The van der Waals surface area contributed by atoms with Gasteiger partial charge in [0.2, 0.25) is 5.91 Å². The molecule has 54 heavy (non-hydrogen) atoms. The molecule has 0 aliphatic carbocycles. The Morgan fingerprint density at radius 1 is 0.722 bits per heavy atom. The number of hydrogen-bond acceptors (Lipinski definition) is 5. The summed E-state index contributed by atoms with van der Waals surface area (Å²) in [7, 11) is -3.26. The van der Waals surface area contributed by atoms with E-state index in [0.29, 0.717) is 6.54 Å². The largest absolute Gasteiger partial charge is 0.352 e. The average Bonchev–Trinajstić information content (AvgIpc) is 3.91. The zero-order valence-electron chi connectivity index (χ0n) is 29.7. The van der Waals surface area contributed by atoms with E-state index in [0.717, 1.165) is 70.3 Å². The fraction of sp³-hybridized carbons (Fsp3) is 0.156. The van der Waals surface area contributed by atoms with Gasteiger partial charge in [0.25, 0.3) is 8.24 Å². The van der Waals surface area contributed by atoms with Crippen molar-refractivity contribution in [1.29, 1.82) is 0 Å². The summed E-state index contributed by atoms with van der Waals surface area (Å²) in [6, 6.07) is 48.0. The summed E-state index contributed by atoms with van der Waals surface area (Å²) in [4.78, 5) is 34.2. The van der Waals surface area contributed by atoms with Crippen LogP contribution in [-0.4, -0.2) is 39.1 Å². The Balaban J connectivity index is 1.32. The van der Waals surface area contributed by atoms with E-state index in [-0.39, 0.29) is 12.3 Å². The number of ether oxygens (including phenoxy) is 1. The normalized spacial score (nSPS) is 21.8. The lowest BCUT2D eigenvalue weighted by atomic mass is 9.78. The van der Waals surface area contributed by atoms with E-state index in [2.05, 4.69) is 116 Å². The molecule has 1 N–H and O–H groups in total. The topological polar surface area (TPSA) is 85.9 Å². The second kappa shape index (κ2) is 10.8. The number of hydrogen-bond donors (Lipinski definition) is 1. The molecule has 3 atom stereocenters. The van der Waals surface area contributed by atoms with Gasteiger partial charge in [-0.25, -0.2) is 4.79 Å². The van der Waals surface area contributed by atoms with Gasteiger partial charge in [0.15, 0.2) is 5.72 Å². The van der Waals surface area contributed by atoms with Gasteiger partial charge in [-0.3, -0.25) is 4.79 Å². The van der Waals surface area contributed by atoms with Crippen LogP contribution >= 0.6 is 0 Å².